The van der Waals surface area contributed by atoms with Crippen LogP contribution in [0.15, 0.2) is 23.1 Å². The van der Waals surface area contributed by atoms with Gasteiger partial charge in [-0.25, -0.2) is 13.6 Å². The summed E-state index contributed by atoms with van der Waals surface area (Å²) < 4.78 is 32.8. The SMILES string of the molecule is COCC(C)Oc1ccc(S(N)(=O)=O)cc1C. The van der Waals surface area contributed by atoms with E-state index in [9.17, 15) is 8.42 Å². The minimum atomic E-state index is -3.66. The normalized spacial score (nSPS) is 13.4. The van der Waals surface area contributed by atoms with Crippen molar-refractivity contribution in [1.82, 2.24) is 0 Å². The summed E-state index contributed by atoms with van der Waals surface area (Å²) in [5.41, 5.74) is 0.722. The Bertz CT molecular complexity index is 484. The average molecular weight is 259 g/mol. The molecule has 0 saturated heterocycles. The highest BCUT2D eigenvalue weighted by molar-refractivity contribution is 7.89. The second-order valence-corrected chi connectivity index (χ2v) is 5.42. The zero-order valence-electron chi connectivity index (χ0n) is 10.1. The summed E-state index contributed by atoms with van der Waals surface area (Å²) in [7, 11) is -2.07. The third kappa shape index (κ3) is 3.99. The lowest BCUT2D eigenvalue weighted by atomic mass is 10.2. The number of hydrogen-bond donors (Lipinski definition) is 1. The van der Waals surface area contributed by atoms with Crippen LogP contribution in [-0.2, 0) is 14.8 Å². The lowest BCUT2D eigenvalue weighted by Gasteiger charge is -2.15. The molecule has 17 heavy (non-hydrogen) atoms. The van der Waals surface area contributed by atoms with Gasteiger partial charge in [0.05, 0.1) is 11.5 Å². The first-order chi connectivity index (χ1) is 7.84. The van der Waals surface area contributed by atoms with Gasteiger partial charge in [-0.05, 0) is 37.6 Å². The quantitative estimate of drug-likeness (QED) is 0.857. The summed E-state index contributed by atoms with van der Waals surface area (Å²) in [4.78, 5) is 0.0849. The number of methoxy groups -OCH3 is 1. The molecule has 1 aromatic rings. The number of aryl methyl sites for hydroxylation is 1. The standard InChI is InChI=1S/C11H17NO4S/c1-8-6-10(17(12,13)14)4-5-11(8)16-9(2)7-15-3/h4-6,9H,7H2,1-3H3,(H2,12,13,14). The van der Waals surface area contributed by atoms with Gasteiger partial charge in [-0.3, -0.25) is 0 Å². The lowest BCUT2D eigenvalue weighted by molar-refractivity contribution is 0.0916. The van der Waals surface area contributed by atoms with Gasteiger partial charge in [0.25, 0.3) is 0 Å². The highest BCUT2D eigenvalue weighted by Gasteiger charge is 2.11. The number of ether oxygens (including phenoxy) is 2. The van der Waals surface area contributed by atoms with Crippen molar-refractivity contribution in [2.75, 3.05) is 13.7 Å². The van der Waals surface area contributed by atoms with Crippen LogP contribution in [0.3, 0.4) is 0 Å². The smallest absolute Gasteiger partial charge is 0.238 e. The van der Waals surface area contributed by atoms with Crippen LogP contribution in [0.1, 0.15) is 12.5 Å². The van der Waals surface area contributed by atoms with E-state index < -0.39 is 10.0 Å². The predicted octanol–water partition coefficient (Wildman–Crippen LogP) is 1.06. The average Bonchev–Trinajstić information content (AvgIpc) is 2.20. The second kappa shape index (κ2) is 5.48. The van der Waals surface area contributed by atoms with Crippen molar-refractivity contribution in [3.63, 3.8) is 0 Å². The molecular weight excluding hydrogens is 242 g/mol. The van der Waals surface area contributed by atoms with Crippen molar-refractivity contribution in [3.05, 3.63) is 23.8 Å². The molecule has 1 unspecified atom stereocenters. The van der Waals surface area contributed by atoms with Crippen molar-refractivity contribution >= 4 is 10.0 Å². The Hall–Kier alpha value is -1.11. The molecule has 5 nitrogen and oxygen atoms in total. The first-order valence-corrected chi connectivity index (χ1v) is 6.68. The van der Waals surface area contributed by atoms with Crippen molar-refractivity contribution in [3.8, 4) is 5.75 Å². The second-order valence-electron chi connectivity index (χ2n) is 3.86. The zero-order valence-corrected chi connectivity index (χ0v) is 11.0. The Balaban J connectivity index is 2.91. The van der Waals surface area contributed by atoms with E-state index in [-0.39, 0.29) is 11.0 Å². The Morgan fingerprint density at radius 3 is 2.53 bits per heavy atom. The Kier molecular flexibility index (Phi) is 4.50. The number of primary sulfonamides is 1. The maximum absolute atomic E-state index is 11.1. The van der Waals surface area contributed by atoms with Crippen LogP contribution in [0.5, 0.6) is 5.75 Å². The number of rotatable bonds is 5. The number of hydrogen-bond acceptors (Lipinski definition) is 4. The molecule has 6 heteroatoms. The minimum Gasteiger partial charge on any atom is -0.488 e. The van der Waals surface area contributed by atoms with Crippen molar-refractivity contribution in [1.29, 1.82) is 0 Å². The van der Waals surface area contributed by atoms with E-state index in [2.05, 4.69) is 0 Å². The molecule has 1 atom stereocenters. The van der Waals surface area contributed by atoms with Gasteiger partial charge >= 0.3 is 0 Å². The van der Waals surface area contributed by atoms with Crippen LogP contribution < -0.4 is 9.88 Å². The maximum Gasteiger partial charge on any atom is 0.238 e. The third-order valence-corrected chi connectivity index (χ3v) is 3.12. The minimum absolute atomic E-state index is 0.0849. The van der Waals surface area contributed by atoms with Gasteiger partial charge in [0.15, 0.2) is 0 Å². The molecule has 0 aliphatic heterocycles. The highest BCUT2D eigenvalue weighted by Crippen LogP contribution is 2.22. The molecule has 1 rings (SSSR count). The van der Waals surface area contributed by atoms with Gasteiger partial charge in [-0.15, -0.1) is 0 Å². The predicted molar refractivity (Wildman–Crippen MR) is 64.5 cm³/mol. The van der Waals surface area contributed by atoms with Crippen molar-refractivity contribution < 1.29 is 17.9 Å². The van der Waals surface area contributed by atoms with Crippen LogP contribution in [0, 0.1) is 6.92 Å². The summed E-state index contributed by atoms with van der Waals surface area (Å²) in [6.45, 7) is 4.11. The van der Waals surface area contributed by atoms with Gasteiger partial charge < -0.3 is 9.47 Å². The number of benzene rings is 1. The van der Waals surface area contributed by atoms with Gasteiger partial charge in [0.1, 0.15) is 11.9 Å². The fourth-order valence-electron chi connectivity index (χ4n) is 1.42. The summed E-state index contributed by atoms with van der Waals surface area (Å²) in [6.07, 6.45) is -0.0981. The Labute approximate surface area is 102 Å². The molecular formula is C11H17NO4S. The summed E-state index contributed by atoms with van der Waals surface area (Å²) >= 11 is 0. The van der Waals surface area contributed by atoms with E-state index in [1.807, 2.05) is 6.92 Å². The molecule has 0 heterocycles. The zero-order chi connectivity index (χ0) is 13.1. The van der Waals surface area contributed by atoms with Crippen LogP contribution in [-0.4, -0.2) is 28.2 Å². The molecule has 1 aromatic carbocycles. The van der Waals surface area contributed by atoms with E-state index >= 15 is 0 Å². The van der Waals surface area contributed by atoms with E-state index in [4.69, 9.17) is 14.6 Å². The molecule has 0 amide bonds. The first kappa shape index (κ1) is 14.0. The number of nitrogens with two attached hydrogens (primary N) is 1. The van der Waals surface area contributed by atoms with Crippen molar-refractivity contribution in [2.24, 2.45) is 5.14 Å². The summed E-state index contributed by atoms with van der Waals surface area (Å²) in [5.74, 6) is 0.627. The largest absolute Gasteiger partial charge is 0.488 e. The topological polar surface area (TPSA) is 78.6 Å². The van der Waals surface area contributed by atoms with E-state index in [0.29, 0.717) is 12.4 Å². The van der Waals surface area contributed by atoms with Crippen LogP contribution >= 0.6 is 0 Å². The Morgan fingerprint density at radius 2 is 2.06 bits per heavy atom. The molecule has 2 N–H and O–H groups in total. The van der Waals surface area contributed by atoms with Crippen molar-refractivity contribution in [2.45, 2.75) is 24.8 Å². The van der Waals surface area contributed by atoms with Gasteiger partial charge in [0.2, 0.25) is 10.0 Å². The molecule has 96 valence electrons. The van der Waals surface area contributed by atoms with Crippen LogP contribution in [0.4, 0.5) is 0 Å². The molecule has 0 spiro atoms. The van der Waals surface area contributed by atoms with E-state index in [1.165, 1.54) is 12.1 Å². The van der Waals surface area contributed by atoms with E-state index in [1.54, 1.807) is 20.1 Å². The fraction of sp³-hybridized carbons (Fsp3) is 0.455. The van der Waals surface area contributed by atoms with E-state index in [0.717, 1.165) is 5.56 Å². The maximum atomic E-state index is 11.1. The molecule has 0 aromatic heterocycles. The first-order valence-electron chi connectivity index (χ1n) is 5.13. The third-order valence-electron chi connectivity index (χ3n) is 2.20. The van der Waals surface area contributed by atoms with Gasteiger partial charge in [-0.1, -0.05) is 0 Å². The summed E-state index contributed by atoms with van der Waals surface area (Å²) in [6, 6.07) is 4.52. The number of sulfonamides is 1. The fourth-order valence-corrected chi connectivity index (χ4v) is 2.02. The van der Waals surface area contributed by atoms with Gasteiger partial charge in [-0.2, -0.15) is 0 Å². The molecule has 0 aliphatic carbocycles. The molecule has 0 bridgehead atoms. The van der Waals surface area contributed by atoms with Crippen LogP contribution in [0.2, 0.25) is 0 Å². The monoisotopic (exact) mass is 259 g/mol. The van der Waals surface area contributed by atoms with Gasteiger partial charge in [0, 0.05) is 7.11 Å². The summed E-state index contributed by atoms with van der Waals surface area (Å²) in [5, 5.41) is 5.04. The molecule has 0 radical (unpaired) electrons. The molecule has 0 saturated carbocycles. The molecule has 0 fully saturated rings. The Morgan fingerprint density at radius 1 is 1.41 bits per heavy atom. The van der Waals surface area contributed by atoms with Crippen LogP contribution in [0.25, 0.3) is 0 Å². The lowest BCUT2D eigenvalue weighted by Crippen LogP contribution is -2.18. The highest BCUT2D eigenvalue weighted by atomic mass is 32.2. The molecule has 0 aliphatic rings.